The normalized spacial score (nSPS) is 32.0. The van der Waals surface area contributed by atoms with Crippen LogP contribution in [0.5, 0.6) is 0 Å². The molecule has 2 heterocycles. The van der Waals surface area contributed by atoms with Crippen LogP contribution in [0.15, 0.2) is 0 Å². The van der Waals surface area contributed by atoms with E-state index in [1.807, 2.05) is 0 Å². The van der Waals surface area contributed by atoms with Crippen molar-refractivity contribution in [3.05, 3.63) is 0 Å². The average Bonchev–Trinajstić information content (AvgIpc) is 2.55. The van der Waals surface area contributed by atoms with Gasteiger partial charge in [-0.1, -0.05) is 0 Å². The number of fused-ring (bicyclic) bond motifs is 1. The van der Waals surface area contributed by atoms with E-state index in [2.05, 4.69) is 0 Å². The van der Waals surface area contributed by atoms with E-state index in [9.17, 15) is 9.59 Å². The highest BCUT2D eigenvalue weighted by Gasteiger charge is 2.43. The van der Waals surface area contributed by atoms with Crippen LogP contribution in [0.2, 0.25) is 0 Å². The summed E-state index contributed by atoms with van der Waals surface area (Å²) in [6.45, 7) is 2.37. The summed E-state index contributed by atoms with van der Waals surface area (Å²) in [4.78, 5) is 26.6. The van der Waals surface area contributed by atoms with E-state index in [0.717, 1.165) is 18.7 Å². The van der Waals surface area contributed by atoms with E-state index < -0.39 is 0 Å². The van der Waals surface area contributed by atoms with Gasteiger partial charge in [-0.25, -0.2) is 4.79 Å². The molecule has 14 heavy (non-hydrogen) atoms. The summed E-state index contributed by atoms with van der Waals surface area (Å²) in [6.07, 6.45) is 0.969. The van der Waals surface area contributed by atoms with Crippen molar-refractivity contribution in [1.82, 2.24) is 9.80 Å². The fourth-order valence-electron chi connectivity index (χ4n) is 1.95. The van der Waals surface area contributed by atoms with Crippen LogP contribution < -0.4 is 0 Å². The molecule has 2 rings (SSSR count). The van der Waals surface area contributed by atoms with Gasteiger partial charge in [-0.2, -0.15) is 0 Å². The quantitative estimate of drug-likeness (QED) is 0.647. The van der Waals surface area contributed by atoms with Gasteiger partial charge in [-0.05, 0) is 13.3 Å². The van der Waals surface area contributed by atoms with Gasteiger partial charge in [-0.15, -0.1) is 11.8 Å². The lowest BCUT2D eigenvalue weighted by atomic mass is 10.1. The molecule has 2 aliphatic heterocycles. The summed E-state index contributed by atoms with van der Waals surface area (Å²) in [6, 6.07) is -0.188. The molecule has 0 spiro atoms. The summed E-state index contributed by atoms with van der Waals surface area (Å²) < 4.78 is 0. The number of hydrogen-bond donors (Lipinski definition) is 0. The van der Waals surface area contributed by atoms with E-state index in [-0.39, 0.29) is 23.2 Å². The Labute approximate surface area is 87.6 Å². The van der Waals surface area contributed by atoms with E-state index in [0.29, 0.717) is 0 Å². The average molecular weight is 214 g/mol. The van der Waals surface area contributed by atoms with Crippen LogP contribution in [0.25, 0.3) is 0 Å². The Bertz CT molecular complexity index is 282. The highest BCUT2D eigenvalue weighted by Crippen LogP contribution is 2.34. The summed E-state index contributed by atoms with van der Waals surface area (Å²) in [5.41, 5.74) is 0. The van der Waals surface area contributed by atoms with E-state index in [1.54, 1.807) is 35.5 Å². The molecule has 2 saturated heterocycles. The molecule has 0 saturated carbocycles. The molecular weight excluding hydrogens is 200 g/mol. The summed E-state index contributed by atoms with van der Waals surface area (Å²) >= 11 is 1.73. The second-order valence-corrected chi connectivity index (χ2v) is 5.03. The fraction of sp³-hybridized carbons (Fsp3) is 0.778. The summed E-state index contributed by atoms with van der Waals surface area (Å²) in [7, 11) is 1.79. The summed E-state index contributed by atoms with van der Waals surface area (Å²) in [5.74, 6) is 0.864. The number of carbonyl (C=O) groups excluding carboxylic acids is 2. The van der Waals surface area contributed by atoms with Gasteiger partial charge in [0.1, 0.15) is 6.04 Å². The first-order chi connectivity index (χ1) is 6.61. The molecule has 0 radical (unpaired) electrons. The summed E-state index contributed by atoms with van der Waals surface area (Å²) in [5, 5.41) is 0.229. The van der Waals surface area contributed by atoms with Gasteiger partial charge in [0, 0.05) is 19.3 Å². The molecule has 0 N–H and O–H groups in total. The monoisotopic (exact) mass is 214 g/mol. The first kappa shape index (κ1) is 9.83. The van der Waals surface area contributed by atoms with Crippen LogP contribution in [-0.2, 0) is 4.79 Å². The molecule has 4 nitrogen and oxygen atoms in total. The lowest BCUT2D eigenvalue weighted by Crippen LogP contribution is -2.54. The maximum absolute atomic E-state index is 11.8. The van der Waals surface area contributed by atoms with Gasteiger partial charge in [0.15, 0.2) is 5.78 Å². The predicted molar refractivity (Wildman–Crippen MR) is 55.2 cm³/mol. The minimum absolute atomic E-state index is 0.00597. The third kappa shape index (κ3) is 1.39. The molecule has 5 heteroatoms. The van der Waals surface area contributed by atoms with Crippen molar-refractivity contribution in [3.63, 3.8) is 0 Å². The Hall–Kier alpha value is -0.710. The first-order valence-electron chi connectivity index (χ1n) is 4.76. The van der Waals surface area contributed by atoms with Gasteiger partial charge in [-0.3, -0.25) is 4.79 Å². The molecule has 2 atom stereocenters. The SMILES string of the molecule is CC(=O)C1CSC2CCN(C)C(=O)N21. The van der Waals surface area contributed by atoms with E-state index in [4.69, 9.17) is 0 Å². The molecule has 78 valence electrons. The molecule has 2 amide bonds. The van der Waals surface area contributed by atoms with Crippen LogP contribution in [0.1, 0.15) is 13.3 Å². The Morgan fingerprint density at radius 1 is 1.57 bits per heavy atom. The number of hydrogen-bond acceptors (Lipinski definition) is 3. The van der Waals surface area contributed by atoms with Crippen molar-refractivity contribution >= 4 is 23.6 Å². The third-order valence-corrected chi connectivity index (χ3v) is 4.18. The maximum atomic E-state index is 11.8. The maximum Gasteiger partial charge on any atom is 0.321 e. The van der Waals surface area contributed by atoms with Gasteiger partial charge in [0.2, 0.25) is 0 Å². The first-order valence-corrected chi connectivity index (χ1v) is 5.81. The van der Waals surface area contributed by atoms with Crippen LogP contribution in [0.4, 0.5) is 4.79 Å². The second kappa shape index (κ2) is 3.46. The number of rotatable bonds is 1. The van der Waals surface area contributed by atoms with Gasteiger partial charge >= 0.3 is 6.03 Å². The lowest BCUT2D eigenvalue weighted by molar-refractivity contribution is -0.120. The molecule has 2 unspecified atom stereocenters. The van der Waals surface area contributed by atoms with Crippen LogP contribution in [-0.4, -0.2) is 52.4 Å². The van der Waals surface area contributed by atoms with Crippen LogP contribution in [0, 0.1) is 0 Å². The number of nitrogens with zero attached hydrogens (tertiary/aromatic N) is 2. The number of amides is 2. The number of urea groups is 1. The van der Waals surface area contributed by atoms with Crippen molar-refractivity contribution in [1.29, 1.82) is 0 Å². The van der Waals surface area contributed by atoms with Crippen molar-refractivity contribution < 1.29 is 9.59 Å². The Balaban J connectivity index is 2.20. The number of thioether (sulfide) groups is 1. The zero-order chi connectivity index (χ0) is 10.3. The third-order valence-electron chi connectivity index (χ3n) is 2.82. The number of ketones is 1. The Kier molecular flexibility index (Phi) is 2.43. The molecule has 0 aliphatic carbocycles. The van der Waals surface area contributed by atoms with Gasteiger partial charge in [0.25, 0.3) is 0 Å². The molecule has 2 aliphatic rings. The molecule has 0 aromatic rings. The van der Waals surface area contributed by atoms with Crippen LogP contribution >= 0.6 is 11.8 Å². The molecule has 0 aromatic heterocycles. The smallest absolute Gasteiger partial charge is 0.321 e. The number of Topliss-reactive ketones (excluding diaryl/α,β-unsaturated/α-hetero) is 1. The zero-order valence-electron chi connectivity index (χ0n) is 8.40. The Morgan fingerprint density at radius 3 is 2.93 bits per heavy atom. The van der Waals surface area contributed by atoms with Crippen molar-refractivity contribution in [2.45, 2.75) is 24.8 Å². The lowest BCUT2D eigenvalue weighted by Gasteiger charge is -2.37. The Morgan fingerprint density at radius 2 is 2.29 bits per heavy atom. The molecular formula is C9H14N2O2S. The van der Waals surface area contributed by atoms with E-state index in [1.165, 1.54) is 0 Å². The minimum Gasteiger partial charge on any atom is -0.328 e. The van der Waals surface area contributed by atoms with Gasteiger partial charge in [0.05, 0.1) is 5.37 Å². The van der Waals surface area contributed by atoms with Crippen molar-refractivity contribution in [2.75, 3.05) is 19.3 Å². The predicted octanol–water partition coefficient (Wildman–Crippen LogP) is 0.774. The molecule has 0 aromatic carbocycles. The molecule has 0 bridgehead atoms. The fourth-order valence-corrected chi connectivity index (χ4v) is 3.42. The van der Waals surface area contributed by atoms with E-state index >= 15 is 0 Å². The van der Waals surface area contributed by atoms with Crippen molar-refractivity contribution in [2.24, 2.45) is 0 Å². The molecule has 2 fully saturated rings. The van der Waals surface area contributed by atoms with Gasteiger partial charge < -0.3 is 9.80 Å². The second-order valence-electron chi connectivity index (χ2n) is 3.81. The minimum atomic E-state index is -0.194. The van der Waals surface area contributed by atoms with Crippen molar-refractivity contribution in [3.8, 4) is 0 Å². The largest absolute Gasteiger partial charge is 0.328 e. The topological polar surface area (TPSA) is 40.6 Å². The number of carbonyl (C=O) groups is 2. The standard InChI is InChI=1S/C9H14N2O2S/c1-6(12)7-5-14-8-3-4-10(2)9(13)11(7)8/h7-8H,3-5H2,1-2H3. The highest BCUT2D eigenvalue weighted by molar-refractivity contribution is 8.00. The zero-order valence-corrected chi connectivity index (χ0v) is 9.21. The van der Waals surface area contributed by atoms with Crippen LogP contribution in [0.3, 0.4) is 0 Å². The highest BCUT2D eigenvalue weighted by atomic mass is 32.2.